The van der Waals surface area contributed by atoms with Gasteiger partial charge in [-0.2, -0.15) is 5.10 Å². The number of amides is 1. The molecule has 2 heterocycles. The van der Waals surface area contributed by atoms with Gasteiger partial charge in [0.15, 0.2) is 5.65 Å². The Morgan fingerprint density at radius 1 is 1.19 bits per heavy atom. The molecular weight excluding hydrogens is 330 g/mol. The Morgan fingerprint density at radius 2 is 1.92 bits per heavy atom. The Balaban J connectivity index is 1.67. The van der Waals surface area contributed by atoms with Gasteiger partial charge in [0.1, 0.15) is 5.39 Å². The van der Waals surface area contributed by atoms with Gasteiger partial charge >= 0.3 is 0 Å². The summed E-state index contributed by atoms with van der Waals surface area (Å²) in [5.41, 5.74) is 1.16. The highest BCUT2D eigenvalue weighted by Gasteiger charge is 2.19. The Bertz CT molecular complexity index is 967. The number of rotatable bonds is 5. The molecule has 0 aliphatic carbocycles. The van der Waals surface area contributed by atoms with Crippen molar-refractivity contribution in [3.8, 4) is 0 Å². The zero-order valence-corrected chi connectivity index (χ0v) is 15.3. The summed E-state index contributed by atoms with van der Waals surface area (Å²) >= 11 is 0. The van der Waals surface area contributed by atoms with E-state index in [1.807, 2.05) is 51.1 Å². The summed E-state index contributed by atoms with van der Waals surface area (Å²) in [5, 5.41) is 7.61. The Labute approximate surface area is 151 Å². The van der Waals surface area contributed by atoms with E-state index >= 15 is 0 Å². The van der Waals surface area contributed by atoms with Crippen LogP contribution in [0.2, 0.25) is 0 Å². The molecule has 0 aliphatic rings. The second kappa shape index (κ2) is 7.11. The van der Waals surface area contributed by atoms with Crippen molar-refractivity contribution in [3.05, 3.63) is 58.8 Å². The molecular formula is C19H23N5O2. The van der Waals surface area contributed by atoms with Gasteiger partial charge in [0, 0.05) is 19.5 Å². The minimum atomic E-state index is -0.259. The molecule has 0 saturated heterocycles. The van der Waals surface area contributed by atoms with Crippen LogP contribution >= 0.6 is 0 Å². The largest absolute Gasteiger partial charge is 0.352 e. The first kappa shape index (κ1) is 17.8. The van der Waals surface area contributed by atoms with Crippen molar-refractivity contribution in [2.45, 2.75) is 45.8 Å². The third-order valence-electron chi connectivity index (χ3n) is 4.10. The van der Waals surface area contributed by atoms with Crippen LogP contribution in [0.1, 0.15) is 32.8 Å². The van der Waals surface area contributed by atoms with E-state index in [2.05, 4.69) is 15.4 Å². The number of aromatic nitrogens is 4. The predicted octanol–water partition coefficient (Wildman–Crippen LogP) is 2.05. The lowest BCUT2D eigenvalue weighted by molar-refractivity contribution is -0.121. The van der Waals surface area contributed by atoms with Crippen molar-refractivity contribution < 1.29 is 4.79 Å². The number of carbonyl (C=O) groups is 1. The standard InChI is InChI=1S/C19H23N5O2/c1-19(2,3)24-17-15(12-22-24)18(26)23(13-21-17)10-9-16(25)20-11-14-7-5-4-6-8-14/h4-8,12-13H,9-11H2,1-3H3,(H,20,25). The summed E-state index contributed by atoms with van der Waals surface area (Å²) in [6.45, 7) is 6.77. The smallest absolute Gasteiger partial charge is 0.264 e. The van der Waals surface area contributed by atoms with Gasteiger partial charge in [0.2, 0.25) is 5.91 Å². The van der Waals surface area contributed by atoms with E-state index in [-0.39, 0.29) is 30.0 Å². The predicted molar refractivity (Wildman–Crippen MR) is 99.7 cm³/mol. The molecule has 7 nitrogen and oxygen atoms in total. The Hall–Kier alpha value is -2.96. The molecule has 0 fully saturated rings. The van der Waals surface area contributed by atoms with Gasteiger partial charge in [-0.25, -0.2) is 9.67 Å². The van der Waals surface area contributed by atoms with Crippen LogP contribution in [-0.4, -0.2) is 25.2 Å². The lowest BCUT2D eigenvalue weighted by Crippen LogP contribution is -2.28. The molecule has 0 bridgehead atoms. The van der Waals surface area contributed by atoms with Gasteiger partial charge in [-0.1, -0.05) is 30.3 Å². The van der Waals surface area contributed by atoms with Crippen LogP contribution in [0.3, 0.4) is 0 Å². The van der Waals surface area contributed by atoms with E-state index in [4.69, 9.17) is 0 Å². The number of nitrogens with zero attached hydrogens (tertiary/aromatic N) is 4. The minimum Gasteiger partial charge on any atom is -0.352 e. The third kappa shape index (κ3) is 3.82. The molecule has 3 rings (SSSR count). The highest BCUT2D eigenvalue weighted by Crippen LogP contribution is 2.17. The zero-order valence-electron chi connectivity index (χ0n) is 15.3. The fraction of sp³-hybridized carbons (Fsp3) is 0.368. The molecule has 0 saturated carbocycles. The molecule has 26 heavy (non-hydrogen) atoms. The lowest BCUT2D eigenvalue weighted by Gasteiger charge is -2.19. The first-order valence-corrected chi connectivity index (χ1v) is 8.60. The number of carbonyl (C=O) groups excluding carboxylic acids is 1. The topological polar surface area (TPSA) is 81.8 Å². The number of benzene rings is 1. The summed E-state index contributed by atoms with van der Waals surface area (Å²) in [4.78, 5) is 29.0. The molecule has 0 atom stereocenters. The van der Waals surface area contributed by atoms with Crippen LogP contribution in [0.15, 0.2) is 47.7 Å². The Morgan fingerprint density at radius 3 is 2.62 bits per heavy atom. The first-order chi connectivity index (χ1) is 12.4. The fourth-order valence-corrected chi connectivity index (χ4v) is 2.71. The van der Waals surface area contributed by atoms with Crippen molar-refractivity contribution in [2.75, 3.05) is 0 Å². The molecule has 1 amide bonds. The average molecular weight is 353 g/mol. The second-order valence-corrected chi connectivity index (χ2v) is 7.22. The fourth-order valence-electron chi connectivity index (χ4n) is 2.71. The maximum atomic E-state index is 12.6. The van der Waals surface area contributed by atoms with Crippen LogP contribution < -0.4 is 10.9 Å². The molecule has 0 radical (unpaired) electrons. The van der Waals surface area contributed by atoms with Crippen molar-refractivity contribution >= 4 is 16.9 Å². The van der Waals surface area contributed by atoms with Gasteiger partial charge in [-0.15, -0.1) is 0 Å². The molecule has 7 heteroatoms. The van der Waals surface area contributed by atoms with Crippen molar-refractivity contribution in [3.63, 3.8) is 0 Å². The van der Waals surface area contributed by atoms with Gasteiger partial charge in [-0.05, 0) is 26.3 Å². The molecule has 0 aliphatic heterocycles. The Kier molecular flexibility index (Phi) is 4.88. The molecule has 0 unspecified atom stereocenters. The van der Waals surface area contributed by atoms with Gasteiger partial charge in [0.05, 0.1) is 18.1 Å². The molecule has 2 aromatic heterocycles. The first-order valence-electron chi connectivity index (χ1n) is 8.60. The van der Waals surface area contributed by atoms with Crippen molar-refractivity contribution in [1.82, 2.24) is 24.6 Å². The van der Waals surface area contributed by atoms with Crippen LogP contribution in [0, 0.1) is 0 Å². The van der Waals surface area contributed by atoms with Gasteiger partial charge in [0.25, 0.3) is 5.56 Å². The van der Waals surface area contributed by atoms with Crippen molar-refractivity contribution in [1.29, 1.82) is 0 Å². The van der Waals surface area contributed by atoms with E-state index < -0.39 is 0 Å². The molecule has 3 aromatic rings. The van der Waals surface area contributed by atoms with Gasteiger partial charge in [-0.3, -0.25) is 14.2 Å². The summed E-state index contributed by atoms with van der Waals surface area (Å²) in [6, 6.07) is 9.70. The molecule has 1 N–H and O–H groups in total. The number of aryl methyl sites for hydroxylation is 1. The van der Waals surface area contributed by atoms with Crippen LogP contribution in [0.25, 0.3) is 11.0 Å². The summed E-state index contributed by atoms with van der Waals surface area (Å²) in [5.74, 6) is -0.105. The maximum Gasteiger partial charge on any atom is 0.264 e. The van der Waals surface area contributed by atoms with Gasteiger partial charge < -0.3 is 5.32 Å². The van der Waals surface area contributed by atoms with Crippen LogP contribution in [0.4, 0.5) is 0 Å². The highest BCUT2D eigenvalue weighted by atomic mass is 16.1. The normalized spacial score (nSPS) is 11.7. The minimum absolute atomic E-state index is 0.105. The average Bonchev–Trinajstić information content (AvgIpc) is 3.05. The summed E-state index contributed by atoms with van der Waals surface area (Å²) in [6.07, 6.45) is 3.24. The summed E-state index contributed by atoms with van der Waals surface area (Å²) in [7, 11) is 0. The van der Waals surface area contributed by atoms with Crippen molar-refractivity contribution in [2.24, 2.45) is 0 Å². The summed E-state index contributed by atoms with van der Waals surface area (Å²) < 4.78 is 3.19. The zero-order chi connectivity index (χ0) is 18.7. The molecule has 1 aromatic carbocycles. The monoisotopic (exact) mass is 353 g/mol. The highest BCUT2D eigenvalue weighted by molar-refractivity contribution is 5.76. The van der Waals surface area contributed by atoms with E-state index in [1.54, 1.807) is 10.9 Å². The quantitative estimate of drug-likeness (QED) is 0.761. The van der Waals surface area contributed by atoms with E-state index in [0.717, 1.165) is 5.56 Å². The number of nitrogens with one attached hydrogen (secondary N) is 1. The van der Waals surface area contributed by atoms with E-state index in [9.17, 15) is 9.59 Å². The maximum absolute atomic E-state index is 12.6. The number of fused-ring (bicyclic) bond motifs is 1. The molecule has 0 spiro atoms. The SMILES string of the molecule is CC(C)(C)n1ncc2c(=O)n(CCC(=O)NCc3ccccc3)cnc21. The molecule has 136 valence electrons. The number of hydrogen-bond donors (Lipinski definition) is 1. The van der Waals surface area contributed by atoms with Crippen LogP contribution in [0.5, 0.6) is 0 Å². The lowest BCUT2D eigenvalue weighted by atomic mass is 10.1. The number of hydrogen-bond acceptors (Lipinski definition) is 4. The van der Waals surface area contributed by atoms with E-state index in [1.165, 1.54) is 10.9 Å². The second-order valence-electron chi connectivity index (χ2n) is 7.22. The van der Waals surface area contributed by atoms with E-state index in [0.29, 0.717) is 17.6 Å². The van der Waals surface area contributed by atoms with Crippen LogP contribution in [-0.2, 0) is 23.4 Å². The third-order valence-corrected chi connectivity index (χ3v) is 4.10.